The normalized spacial score (nSPS) is 5.80. The van der Waals surface area contributed by atoms with Crippen molar-refractivity contribution < 1.29 is 42.3 Å². The first-order valence-electron chi connectivity index (χ1n) is 0.667. The predicted octanol–water partition coefficient (Wildman–Crippen LogP) is -8.47. The minimum Gasteiger partial charge on any atom is -1.00 e. The van der Waals surface area contributed by atoms with Gasteiger partial charge in [0.2, 0.25) is 0 Å². The zero-order valence-corrected chi connectivity index (χ0v) is 11.9. The summed E-state index contributed by atoms with van der Waals surface area (Å²) >= 11 is 0. The number of hydrogen-bond acceptors (Lipinski definition) is 4. The Kier molecular flexibility index (Phi) is 68.5. The van der Waals surface area contributed by atoms with Gasteiger partial charge >= 0.3 is 78.2 Å². The molecule has 0 spiro atoms. The van der Waals surface area contributed by atoms with Crippen molar-refractivity contribution in [3.05, 3.63) is 0 Å². The minimum atomic E-state index is -5.17. The summed E-state index contributed by atoms with van der Waals surface area (Å²) in [5, 5.41) is 0. The molecule has 0 aliphatic heterocycles. The van der Waals surface area contributed by atoms with Gasteiger partial charge in [-0.15, -0.1) is 0 Å². The molecule has 0 aliphatic rings. The van der Waals surface area contributed by atoms with E-state index in [1.54, 1.807) is 0 Å². The number of rotatable bonds is 0. The zero-order valence-electron chi connectivity index (χ0n) is 4.79. The Balaban J connectivity index is -0.00000000800. The topological polar surface area (TPSA) is 80.3 Å². The van der Waals surface area contributed by atoms with Gasteiger partial charge in [0.05, 0.1) is 0 Å². The van der Waals surface area contributed by atoms with Gasteiger partial charge in [-0.3, -0.25) is 8.42 Å². The first-order chi connectivity index (χ1) is 2.00. The van der Waals surface area contributed by atoms with E-state index in [-0.39, 0.29) is 103 Å². The predicted molar refractivity (Wildman–Crippen MR) is 27.7 cm³/mol. The van der Waals surface area contributed by atoms with Crippen molar-refractivity contribution in [1.29, 1.82) is 0 Å². The molecule has 0 aromatic rings. The second-order valence-corrected chi connectivity index (χ2v) is 1.22. The first-order valence-corrected chi connectivity index (χ1v) is 2.00. The van der Waals surface area contributed by atoms with Crippen molar-refractivity contribution in [2.45, 2.75) is 0 Å². The molecule has 0 aliphatic carbocycles. The quantitative estimate of drug-likeness (QED) is 0.245. The third-order valence-corrected chi connectivity index (χ3v) is 0. The van der Waals surface area contributed by atoms with E-state index in [0.717, 1.165) is 0 Å². The van der Waals surface area contributed by atoms with Gasteiger partial charge in [-0.1, -0.05) is 0 Å². The SMILES string of the molecule is O=S(=O)([O-])[O-].[Al+3].[Ca+2].[Cl-].[Cl-].[Mg+2]. The molecule has 0 N–H and O–H groups in total. The van der Waals surface area contributed by atoms with Crippen molar-refractivity contribution in [3.63, 3.8) is 0 Å². The van der Waals surface area contributed by atoms with Crippen molar-refractivity contribution in [3.8, 4) is 0 Å². The molecule has 0 aromatic carbocycles. The molecule has 0 aromatic heterocycles. The van der Waals surface area contributed by atoms with E-state index in [1.807, 2.05) is 0 Å². The van der Waals surface area contributed by atoms with Crippen LogP contribution in [0.3, 0.4) is 0 Å². The van der Waals surface area contributed by atoms with Crippen LogP contribution in [0, 0.1) is 0 Å². The molecule has 0 heterocycles. The average Bonchev–Trinajstić information content (AvgIpc) is 0.722. The molecule has 0 rings (SSSR count). The summed E-state index contributed by atoms with van der Waals surface area (Å²) < 4.78 is 34.1. The fourth-order valence-corrected chi connectivity index (χ4v) is 0. The molecule has 0 saturated heterocycles. The standard InChI is InChI=1S/Al.Ca.2ClH.Mg.H2O4S/c;;;;;1-5(2,3)4/h;;2*1H;;(H2,1,2,3,4)/q+3;+2;;;+2;/p-4. The third kappa shape index (κ3) is 122. The van der Waals surface area contributed by atoms with Gasteiger partial charge in [-0.05, 0) is 0 Å². The van der Waals surface area contributed by atoms with Gasteiger partial charge in [-0.2, -0.15) is 0 Å². The Morgan fingerprint density at radius 1 is 1.00 bits per heavy atom. The van der Waals surface area contributed by atoms with E-state index in [4.69, 9.17) is 17.5 Å². The van der Waals surface area contributed by atoms with Crippen LogP contribution in [0.4, 0.5) is 0 Å². The van der Waals surface area contributed by atoms with Crippen LogP contribution in [0.5, 0.6) is 0 Å². The molecule has 0 bridgehead atoms. The van der Waals surface area contributed by atoms with Gasteiger partial charge in [0.1, 0.15) is 0 Å². The van der Waals surface area contributed by atoms with Crippen molar-refractivity contribution >= 4 is 88.6 Å². The van der Waals surface area contributed by atoms with E-state index < -0.39 is 10.4 Å². The summed E-state index contributed by atoms with van der Waals surface area (Å²) in [6.45, 7) is 0. The Morgan fingerprint density at radius 2 is 1.00 bits per heavy atom. The number of halogens is 2. The van der Waals surface area contributed by atoms with Crippen LogP contribution in [-0.2, 0) is 10.4 Å². The van der Waals surface area contributed by atoms with Crippen LogP contribution < -0.4 is 24.8 Å². The molecular weight excluding hydrogens is 258 g/mol. The van der Waals surface area contributed by atoms with Crippen LogP contribution >= 0.6 is 0 Å². The van der Waals surface area contributed by atoms with Gasteiger partial charge in [0.15, 0.2) is 0 Å². The summed E-state index contributed by atoms with van der Waals surface area (Å²) in [6.07, 6.45) is 0. The van der Waals surface area contributed by atoms with Gasteiger partial charge in [0, 0.05) is 10.4 Å². The van der Waals surface area contributed by atoms with Crippen LogP contribution in [0.25, 0.3) is 0 Å². The Bertz CT molecular complexity index is 106. The zero-order chi connectivity index (χ0) is 4.50. The Labute approximate surface area is 129 Å². The smallest absolute Gasteiger partial charge is 1.00 e. The summed E-state index contributed by atoms with van der Waals surface area (Å²) in [5.41, 5.74) is 0. The molecule has 10 heteroatoms. The van der Waals surface area contributed by atoms with Crippen molar-refractivity contribution in [1.82, 2.24) is 0 Å². The monoisotopic (exact) mass is 257 g/mol. The Hall–Kier alpha value is 3.01. The van der Waals surface area contributed by atoms with Crippen molar-refractivity contribution in [2.75, 3.05) is 0 Å². The van der Waals surface area contributed by atoms with Crippen LogP contribution in [-0.4, -0.2) is 95.7 Å². The Morgan fingerprint density at radius 3 is 1.00 bits per heavy atom. The van der Waals surface area contributed by atoms with E-state index >= 15 is 0 Å². The molecule has 0 amide bonds. The van der Waals surface area contributed by atoms with E-state index in [1.165, 1.54) is 0 Å². The van der Waals surface area contributed by atoms with Crippen LogP contribution in [0.1, 0.15) is 0 Å². The van der Waals surface area contributed by atoms with Crippen LogP contribution in [0.2, 0.25) is 0 Å². The maximum Gasteiger partial charge on any atom is 3.00 e. The fourth-order valence-electron chi connectivity index (χ4n) is 0. The molecule has 0 atom stereocenters. The molecule has 0 fully saturated rings. The maximum absolute atomic E-state index is 8.52. The second-order valence-electron chi connectivity index (χ2n) is 0.408. The van der Waals surface area contributed by atoms with E-state index in [9.17, 15) is 0 Å². The van der Waals surface area contributed by atoms with Crippen molar-refractivity contribution in [2.24, 2.45) is 0 Å². The largest absolute Gasteiger partial charge is 3.00 e. The average molecular weight is 258 g/mol. The summed E-state index contributed by atoms with van der Waals surface area (Å²) in [4.78, 5) is 0. The molecular formula is AlCaCl2MgO4S+3. The van der Waals surface area contributed by atoms with Gasteiger partial charge < -0.3 is 33.9 Å². The fraction of sp³-hybridized carbons (Fsp3) is 0. The van der Waals surface area contributed by atoms with Gasteiger partial charge in [-0.25, -0.2) is 0 Å². The summed E-state index contributed by atoms with van der Waals surface area (Å²) in [5.74, 6) is 0. The van der Waals surface area contributed by atoms with E-state index in [2.05, 4.69) is 0 Å². The molecule has 4 nitrogen and oxygen atoms in total. The molecule has 48 valence electrons. The number of hydrogen-bond donors (Lipinski definition) is 0. The van der Waals surface area contributed by atoms with Gasteiger partial charge in [0.25, 0.3) is 0 Å². The summed E-state index contributed by atoms with van der Waals surface area (Å²) in [7, 11) is -5.17. The first kappa shape index (κ1) is 38.2. The van der Waals surface area contributed by atoms with E-state index in [0.29, 0.717) is 0 Å². The third-order valence-electron chi connectivity index (χ3n) is 0. The summed E-state index contributed by atoms with van der Waals surface area (Å²) in [6, 6.07) is 0. The molecule has 0 unspecified atom stereocenters. The molecule has 0 saturated carbocycles. The van der Waals surface area contributed by atoms with Crippen LogP contribution in [0.15, 0.2) is 0 Å². The second kappa shape index (κ2) is 17.9. The maximum atomic E-state index is 8.52. The minimum absolute atomic E-state index is 0. The molecule has 10 heavy (non-hydrogen) atoms. The molecule has 0 radical (unpaired) electrons.